The van der Waals surface area contributed by atoms with Crippen LogP contribution >= 0.6 is 15.9 Å². The van der Waals surface area contributed by atoms with Gasteiger partial charge in [0.1, 0.15) is 11.4 Å². The van der Waals surface area contributed by atoms with E-state index in [4.69, 9.17) is 0 Å². The van der Waals surface area contributed by atoms with E-state index in [1.165, 1.54) is 12.1 Å². The van der Waals surface area contributed by atoms with Crippen LogP contribution in [0.25, 0.3) is 0 Å². The number of carbonyl (C=O) groups is 1. The maximum Gasteiger partial charge on any atom is 0.253 e. The molecule has 1 aliphatic rings. The lowest BCUT2D eigenvalue weighted by Gasteiger charge is -2.35. The van der Waals surface area contributed by atoms with Crippen LogP contribution in [0.2, 0.25) is 0 Å². The molecule has 1 aromatic rings. The van der Waals surface area contributed by atoms with Crippen LogP contribution in [0.4, 0.5) is 4.39 Å². The van der Waals surface area contributed by atoms with Crippen LogP contribution in [0.1, 0.15) is 49.4 Å². The molecule has 1 saturated carbocycles. The molecule has 0 aliphatic heterocycles. The fourth-order valence-electron chi connectivity index (χ4n) is 2.81. The van der Waals surface area contributed by atoms with Crippen molar-refractivity contribution in [2.24, 2.45) is 5.92 Å². The van der Waals surface area contributed by atoms with Crippen molar-refractivity contribution in [3.8, 4) is 6.07 Å². The van der Waals surface area contributed by atoms with Gasteiger partial charge in [0.25, 0.3) is 5.91 Å². The van der Waals surface area contributed by atoms with Crippen LogP contribution in [0.3, 0.4) is 0 Å². The molecule has 0 saturated heterocycles. The first-order chi connectivity index (χ1) is 10.0. The number of rotatable bonds is 3. The van der Waals surface area contributed by atoms with Gasteiger partial charge >= 0.3 is 0 Å². The van der Waals surface area contributed by atoms with E-state index < -0.39 is 17.3 Å². The number of nitrogens with one attached hydrogen (secondary N) is 1. The van der Waals surface area contributed by atoms with Crippen LogP contribution in [0.15, 0.2) is 22.7 Å². The van der Waals surface area contributed by atoms with E-state index in [0.717, 1.165) is 19.3 Å². The fourth-order valence-corrected chi connectivity index (χ4v) is 3.25. The van der Waals surface area contributed by atoms with E-state index in [1.807, 2.05) is 0 Å². The predicted octanol–water partition coefficient (Wildman–Crippen LogP) is 4.18. The minimum absolute atomic E-state index is 0.137. The van der Waals surface area contributed by atoms with Crippen molar-refractivity contribution in [1.29, 1.82) is 5.26 Å². The smallest absolute Gasteiger partial charge is 0.253 e. The second-order valence-corrected chi connectivity index (χ2v) is 6.39. The van der Waals surface area contributed by atoms with Gasteiger partial charge in [-0.15, -0.1) is 0 Å². The summed E-state index contributed by atoms with van der Waals surface area (Å²) in [4.78, 5) is 12.3. The van der Waals surface area contributed by atoms with E-state index in [9.17, 15) is 14.4 Å². The molecule has 0 atom stereocenters. The summed E-state index contributed by atoms with van der Waals surface area (Å²) in [6.45, 7) is 2.15. The van der Waals surface area contributed by atoms with Crippen LogP contribution in [0.5, 0.6) is 0 Å². The maximum atomic E-state index is 13.5. The third-order valence-corrected chi connectivity index (χ3v) is 5.11. The Hall–Kier alpha value is -1.41. The van der Waals surface area contributed by atoms with Gasteiger partial charge in [-0.25, -0.2) is 4.39 Å². The zero-order valence-corrected chi connectivity index (χ0v) is 13.5. The Morgan fingerprint density at radius 1 is 1.52 bits per heavy atom. The fraction of sp³-hybridized carbons (Fsp3) is 0.500. The third kappa shape index (κ3) is 3.44. The lowest BCUT2D eigenvalue weighted by Crippen LogP contribution is -2.49. The van der Waals surface area contributed by atoms with Gasteiger partial charge in [-0.05, 0) is 59.7 Å². The number of halogens is 2. The first-order valence-electron chi connectivity index (χ1n) is 7.19. The molecule has 0 radical (unpaired) electrons. The molecule has 2 rings (SSSR count). The molecule has 0 unspecified atom stereocenters. The van der Waals surface area contributed by atoms with Crippen molar-refractivity contribution in [3.05, 3.63) is 34.1 Å². The summed E-state index contributed by atoms with van der Waals surface area (Å²) in [6, 6.07) is 6.58. The van der Waals surface area contributed by atoms with Gasteiger partial charge in [-0.3, -0.25) is 4.79 Å². The molecule has 1 fully saturated rings. The second kappa shape index (κ2) is 6.57. The van der Waals surface area contributed by atoms with Crippen molar-refractivity contribution < 1.29 is 9.18 Å². The molecule has 21 heavy (non-hydrogen) atoms. The molecule has 3 nitrogen and oxygen atoms in total. The van der Waals surface area contributed by atoms with E-state index in [-0.39, 0.29) is 10.0 Å². The van der Waals surface area contributed by atoms with E-state index in [2.05, 4.69) is 34.2 Å². The summed E-state index contributed by atoms with van der Waals surface area (Å²) >= 11 is 3.09. The van der Waals surface area contributed by atoms with Crippen LogP contribution in [0, 0.1) is 23.1 Å². The van der Waals surface area contributed by atoms with Gasteiger partial charge in [0.2, 0.25) is 0 Å². The lowest BCUT2D eigenvalue weighted by molar-refractivity contribution is 0.0890. The number of nitriles is 1. The summed E-state index contributed by atoms with van der Waals surface area (Å²) in [5.74, 6) is -0.259. The Morgan fingerprint density at radius 2 is 2.19 bits per heavy atom. The zero-order chi connectivity index (χ0) is 15.5. The highest BCUT2D eigenvalue weighted by Crippen LogP contribution is 2.34. The Morgan fingerprint density at radius 3 is 2.76 bits per heavy atom. The molecule has 0 spiro atoms. The Bertz CT molecular complexity index is 574. The van der Waals surface area contributed by atoms with Crippen molar-refractivity contribution in [2.45, 2.75) is 44.6 Å². The van der Waals surface area contributed by atoms with Gasteiger partial charge in [0.15, 0.2) is 0 Å². The number of carbonyl (C=O) groups excluding carboxylic acids is 1. The number of amides is 1. The van der Waals surface area contributed by atoms with Crippen molar-refractivity contribution in [1.82, 2.24) is 5.32 Å². The SMILES string of the molecule is CCC1CCC(C#N)(NC(=O)c2cccc(F)c2Br)CC1. The lowest BCUT2D eigenvalue weighted by atomic mass is 9.76. The largest absolute Gasteiger partial charge is 0.334 e. The molecule has 0 aromatic heterocycles. The molecule has 5 heteroatoms. The van der Waals surface area contributed by atoms with Crippen LogP contribution < -0.4 is 5.32 Å². The minimum atomic E-state index is -0.825. The highest BCUT2D eigenvalue weighted by Gasteiger charge is 2.36. The third-order valence-electron chi connectivity index (χ3n) is 4.30. The Labute approximate surface area is 132 Å². The maximum absolute atomic E-state index is 13.5. The van der Waals surface area contributed by atoms with Gasteiger partial charge in [0, 0.05) is 0 Å². The average molecular weight is 353 g/mol. The molecule has 1 amide bonds. The molecule has 1 N–H and O–H groups in total. The average Bonchev–Trinajstić information content (AvgIpc) is 2.50. The summed E-state index contributed by atoms with van der Waals surface area (Å²) in [6.07, 6.45) is 4.29. The zero-order valence-electron chi connectivity index (χ0n) is 12.0. The van der Waals surface area contributed by atoms with E-state index in [1.54, 1.807) is 6.07 Å². The normalized spacial score (nSPS) is 25.1. The number of benzene rings is 1. The summed E-state index contributed by atoms with van der Waals surface area (Å²) < 4.78 is 13.6. The quantitative estimate of drug-likeness (QED) is 0.886. The number of nitrogens with zero attached hydrogens (tertiary/aromatic N) is 1. The molecule has 1 aromatic carbocycles. The molecule has 0 bridgehead atoms. The Balaban J connectivity index is 2.14. The minimum Gasteiger partial charge on any atom is -0.334 e. The van der Waals surface area contributed by atoms with Crippen LogP contribution in [-0.4, -0.2) is 11.4 Å². The highest BCUT2D eigenvalue weighted by molar-refractivity contribution is 9.10. The van der Waals surface area contributed by atoms with Crippen LogP contribution in [-0.2, 0) is 0 Å². The topological polar surface area (TPSA) is 52.9 Å². The summed E-state index contributed by atoms with van der Waals surface area (Å²) in [5, 5.41) is 12.3. The predicted molar refractivity (Wildman–Crippen MR) is 82.2 cm³/mol. The van der Waals surface area contributed by atoms with Crippen molar-refractivity contribution in [3.63, 3.8) is 0 Å². The second-order valence-electron chi connectivity index (χ2n) is 5.60. The van der Waals surface area contributed by atoms with E-state index >= 15 is 0 Å². The Kier molecular flexibility index (Phi) is 5.00. The van der Waals surface area contributed by atoms with Crippen molar-refractivity contribution >= 4 is 21.8 Å². The van der Waals surface area contributed by atoms with Gasteiger partial charge in [-0.2, -0.15) is 5.26 Å². The molecule has 0 heterocycles. The summed E-state index contributed by atoms with van der Waals surface area (Å²) in [7, 11) is 0. The monoisotopic (exact) mass is 352 g/mol. The molecule has 112 valence electrons. The number of hydrogen-bond acceptors (Lipinski definition) is 2. The standard InChI is InChI=1S/C16H18BrFN2O/c1-2-11-6-8-16(10-19,9-7-11)20-15(21)12-4-3-5-13(18)14(12)17/h3-5,11H,2,6-9H2,1H3,(H,20,21). The molecular weight excluding hydrogens is 335 g/mol. The van der Waals surface area contributed by atoms with Crippen molar-refractivity contribution in [2.75, 3.05) is 0 Å². The highest BCUT2D eigenvalue weighted by atomic mass is 79.9. The molecule has 1 aliphatic carbocycles. The van der Waals surface area contributed by atoms with Gasteiger partial charge in [-0.1, -0.05) is 19.4 Å². The first kappa shape index (κ1) is 16.0. The van der Waals surface area contributed by atoms with Gasteiger partial charge < -0.3 is 5.32 Å². The van der Waals surface area contributed by atoms with Gasteiger partial charge in [0.05, 0.1) is 16.1 Å². The number of hydrogen-bond donors (Lipinski definition) is 1. The van der Waals surface area contributed by atoms with E-state index in [0.29, 0.717) is 18.8 Å². The summed E-state index contributed by atoms with van der Waals surface area (Å²) in [5.41, 5.74) is -0.601. The molecular formula is C16H18BrFN2O. The first-order valence-corrected chi connectivity index (χ1v) is 7.98.